The Morgan fingerprint density at radius 2 is 1.94 bits per heavy atom. The number of rotatable bonds is 6. The van der Waals surface area contributed by atoms with E-state index < -0.39 is 0 Å². The smallest absolute Gasteiger partial charge is 0.00225 e. The first-order valence-electron chi connectivity index (χ1n) is 7.89. The molecule has 0 amide bonds. The van der Waals surface area contributed by atoms with Crippen LogP contribution in [0.25, 0.3) is 0 Å². The Kier molecular flexibility index (Phi) is 5.93. The molecule has 3 heteroatoms. The normalized spacial score (nSPS) is 27.2. The summed E-state index contributed by atoms with van der Waals surface area (Å²) in [6.45, 7) is 11.3. The first kappa shape index (κ1) is 14.3. The standard InChI is InChI=1S/C15H31N3/c1-3-9-17(2)11-15-6-10-18(13-15)12-14-4-7-16-8-5-14/h14-16H,3-13H2,1-2H3. The lowest BCUT2D eigenvalue weighted by Gasteiger charge is -2.27. The zero-order valence-corrected chi connectivity index (χ0v) is 12.3. The fourth-order valence-electron chi connectivity index (χ4n) is 3.57. The summed E-state index contributed by atoms with van der Waals surface area (Å²) in [5, 5.41) is 3.46. The second kappa shape index (κ2) is 7.46. The van der Waals surface area contributed by atoms with Crippen molar-refractivity contribution < 1.29 is 0 Å². The molecule has 0 spiro atoms. The highest BCUT2D eigenvalue weighted by Crippen LogP contribution is 2.21. The minimum Gasteiger partial charge on any atom is -0.317 e. The predicted molar refractivity (Wildman–Crippen MR) is 77.9 cm³/mol. The van der Waals surface area contributed by atoms with Crippen LogP contribution in [0.2, 0.25) is 0 Å². The van der Waals surface area contributed by atoms with Gasteiger partial charge in [0.1, 0.15) is 0 Å². The lowest BCUT2D eigenvalue weighted by Crippen LogP contribution is -2.36. The Morgan fingerprint density at radius 1 is 1.17 bits per heavy atom. The Hall–Kier alpha value is -0.120. The molecule has 0 aromatic carbocycles. The van der Waals surface area contributed by atoms with Crippen LogP contribution < -0.4 is 5.32 Å². The van der Waals surface area contributed by atoms with Crippen molar-refractivity contribution in [2.24, 2.45) is 11.8 Å². The van der Waals surface area contributed by atoms with Crippen LogP contribution in [0.1, 0.15) is 32.6 Å². The molecule has 0 radical (unpaired) electrons. The number of nitrogens with zero attached hydrogens (tertiary/aromatic N) is 2. The molecule has 2 rings (SSSR count). The maximum atomic E-state index is 3.46. The predicted octanol–water partition coefficient (Wildman–Crippen LogP) is 1.65. The van der Waals surface area contributed by atoms with Crippen LogP contribution in [0.3, 0.4) is 0 Å². The first-order chi connectivity index (χ1) is 8.78. The summed E-state index contributed by atoms with van der Waals surface area (Å²) < 4.78 is 0. The van der Waals surface area contributed by atoms with Gasteiger partial charge in [0.05, 0.1) is 0 Å². The van der Waals surface area contributed by atoms with E-state index in [2.05, 4.69) is 29.1 Å². The lowest BCUT2D eigenvalue weighted by molar-refractivity contribution is 0.222. The average Bonchev–Trinajstić information content (AvgIpc) is 2.78. The van der Waals surface area contributed by atoms with Gasteiger partial charge in [0.2, 0.25) is 0 Å². The monoisotopic (exact) mass is 253 g/mol. The van der Waals surface area contributed by atoms with Crippen LogP contribution in [0, 0.1) is 11.8 Å². The third kappa shape index (κ3) is 4.52. The molecular formula is C15H31N3. The molecule has 2 heterocycles. The minimum absolute atomic E-state index is 0.920. The van der Waals surface area contributed by atoms with Crippen molar-refractivity contribution in [2.75, 3.05) is 52.9 Å². The number of piperidine rings is 1. The average molecular weight is 253 g/mol. The Balaban J connectivity index is 1.64. The maximum absolute atomic E-state index is 3.46. The summed E-state index contributed by atoms with van der Waals surface area (Å²) in [7, 11) is 2.28. The Morgan fingerprint density at radius 3 is 2.67 bits per heavy atom. The van der Waals surface area contributed by atoms with Gasteiger partial charge in [0.15, 0.2) is 0 Å². The van der Waals surface area contributed by atoms with E-state index in [1.54, 1.807) is 0 Å². The van der Waals surface area contributed by atoms with Crippen molar-refractivity contribution in [2.45, 2.75) is 32.6 Å². The van der Waals surface area contributed by atoms with Gasteiger partial charge in [0.25, 0.3) is 0 Å². The molecule has 0 bridgehead atoms. The third-order valence-corrected chi connectivity index (χ3v) is 4.52. The molecule has 106 valence electrons. The summed E-state index contributed by atoms with van der Waals surface area (Å²) >= 11 is 0. The summed E-state index contributed by atoms with van der Waals surface area (Å²) in [6, 6.07) is 0. The van der Waals surface area contributed by atoms with E-state index in [4.69, 9.17) is 0 Å². The van der Waals surface area contributed by atoms with Crippen LogP contribution in [0.4, 0.5) is 0 Å². The van der Waals surface area contributed by atoms with Gasteiger partial charge in [-0.25, -0.2) is 0 Å². The highest BCUT2D eigenvalue weighted by atomic mass is 15.2. The summed E-state index contributed by atoms with van der Waals surface area (Å²) in [4.78, 5) is 5.24. The van der Waals surface area contributed by atoms with E-state index in [0.717, 1.165) is 11.8 Å². The molecule has 2 aliphatic heterocycles. The molecule has 18 heavy (non-hydrogen) atoms. The van der Waals surface area contributed by atoms with Gasteiger partial charge in [-0.15, -0.1) is 0 Å². The van der Waals surface area contributed by atoms with Gasteiger partial charge >= 0.3 is 0 Å². The second-order valence-corrected chi connectivity index (χ2v) is 6.37. The molecule has 1 unspecified atom stereocenters. The van der Waals surface area contributed by atoms with E-state index in [0.29, 0.717) is 0 Å². The number of likely N-dealkylation sites (tertiary alicyclic amines) is 1. The van der Waals surface area contributed by atoms with Crippen molar-refractivity contribution in [3.8, 4) is 0 Å². The molecule has 0 aromatic heterocycles. The Labute approximate surface area is 113 Å². The molecule has 0 aliphatic carbocycles. The van der Waals surface area contributed by atoms with Crippen molar-refractivity contribution in [1.82, 2.24) is 15.1 Å². The van der Waals surface area contributed by atoms with E-state index in [1.165, 1.54) is 71.5 Å². The third-order valence-electron chi connectivity index (χ3n) is 4.52. The molecule has 2 saturated heterocycles. The zero-order chi connectivity index (χ0) is 12.8. The number of hydrogen-bond donors (Lipinski definition) is 1. The summed E-state index contributed by atoms with van der Waals surface area (Å²) in [5.41, 5.74) is 0. The second-order valence-electron chi connectivity index (χ2n) is 6.37. The van der Waals surface area contributed by atoms with E-state index in [9.17, 15) is 0 Å². The van der Waals surface area contributed by atoms with Gasteiger partial charge in [-0.3, -0.25) is 0 Å². The van der Waals surface area contributed by atoms with Crippen LogP contribution in [-0.2, 0) is 0 Å². The zero-order valence-electron chi connectivity index (χ0n) is 12.3. The van der Waals surface area contributed by atoms with Crippen LogP contribution in [0.15, 0.2) is 0 Å². The van der Waals surface area contributed by atoms with E-state index >= 15 is 0 Å². The fraction of sp³-hybridized carbons (Fsp3) is 1.00. The van der Waals surface area contributed by atoms with E-state index in [1.807, 2.05) is 0 Å². The molecule has 3 nitrogen and oxygen atoms in total. The number of hydrogen-bond acceptors (Lipinski definition) is 3. The van der Waals surface area contributed by atoms with Gasteiger partial charge in [0, 0.05) is 19.6 Å². The van der Waals surface area contributed by atoms with Gasteiger partial charge in [-0.2, -0.15) is 0 Å². The molecule has 1 atom stereocenters. The number of nitrogens with one attached hydrogen (secondary N) is 1. The molecule has 2 fully saturated rings. The minimum atomic E-state index is 0.920. The van der Waals surface area contributed by atoms with Crippen LogP contribution in [0.5, 0.6) is 0 Å². The van der Waals surface area contributed by atoms with Crippen molar-refractivity contribution in [3.63, 3.8) is 0 Å². The van der Waals surface area contributed by atoms with Crippen molar-refractivity contribution >= 4 is 0 Å². The molecule has 2 aliphatic rings. The van der Waals surface area contributed by atoms with Gasteiger partial charge < -0.3 is 15.1 Å². The molecular weight excluding hydrogens is 222 g/mol. The molecule has 1 N–H and O–H groups in total. The van der Waals surface area contributed by atoms with Crippen molar-refractivity contribution in [1.29, 1.82) is 0 Å². The van der Waals surface area contributed by atoms with Crippen LogP contribution in [-0.4, -0.2) is 62.7 Å². The van der Waals surface area contributed by atoms with Crippen molar-refractivity contribution in [3.05, 3.63) is 0 Å². The topological polar surface area (TPSA) is 18.5 Å². The Bertz CT molecular complexity index is 226. The fourth-order valence-corrected chi connectivity index (χ4v) is 3.57. The van der Waals surface area contributed by atoms with Crippen LogP contribution >= 0.6 is 0 Å². The summed E-state index contributed by atoms with van der Waals surface area (Å²) in [5.74, 6) is 1.88. The first-order valence-corrected chi connectivity index (χ1v) is 7.89. The van der Waals surface area contributed by atoms with Gasteiger partial charge in [-0.1, -0.05) is 6.92 Å². The SMILES string of the molecule is CCCN(C)CC1CCN(CC2CCNCC2)C1. The molecule has 0 saturated carbocycles. The van der Waals surface area contributed by atoms with Gasteiger partial charge in [-0.05, 0) is 70.7 Å². The largest absolute Gasteiger partial charge is 0.317 e. The lowest BCUT2D eigenvalue weighted by atomic mass is 9.98. The highest BCUT2D eigenvalue weighted by molar-refractivity contribution is 4.80. The highest BCUT2D eigenvalue weighted by Gasteiger charge is 2.25. The molecule has 0 aromatic rings. The quantitative estimate of drug-likeness (QED) is 0.776. The van der Waals surface area contributed by atoms with E-state index in [-0.39, 0.29) is 0 Å². The summed E-state index contributed by atoms with van der Waals surface area (Å²) in [6.07, 6.45) is 5.47. The maximum Gasteiger partial charge on any atom is 0.00225 e.